The molecule has 0 amide bonds. The second kappa shape index (κ2) is 2.25. The SMILES string of the molecule is CS(=O)(=O)Nc1n[c]on1. The topological polar surface area (TPSA) is 85.1 Å². The van der Waals surface area contributed by atoms with Crippen molar-refractivity contribution in [3.8, 4) is 0 Å². The van der Waals surface area contributed by atoms with Gasteiger partial charge in [0.2, 0.25) is 10.0 Å². The van der Waals surface area contributed by atoms with Crippen LogP contribution < -0.4 is 4.72 Å². The Morgan fingerprint density at radius 1 is 1.70 bits per heavy atom. The molecule has 0 saturated carbocycles. The summed E-state index contributed by atoms with van der Waals surface area (Å²) in [4.78, 5) is 3.31. The van der Waals surface area contributed by atoms with Gasteiger partial charge in [-0.3, -0.25) is 0 Å². The van der Waals surface area contributed by atoms with Crippen LogP contribution in [-0.2, 0) is 10.0 Å². The van der Waals surface area contributed by atoms with E-state index in [2.05, 4.69) is 14.7 Å². The van der Waals surface area contributed by atoms with Gasteiger partial charge in [-0.1, -0.05) is 0 Å². The molecule has 1 radical (unpaired) electrons. The lowest BCUT2D eigenvalue weighted by Gasteiger charge is -1.92. The van der Waals surface area contributed by atoms with E-state index in [-0.39, 0.29) is 5.95 Å². The van der Waals surface area contributed by atoms with Gasteiger partial charge in [0.25, 0.3) is 5.95 Å². The molecule has 1 aromatic heterocycles. The van der Waals surface area contributed by atoms with Crippen LogP contribution in [0.5, 0.6) is 0 Å². The van der Waals surface area contributed by atoms with Gasteiger partial charge in [-0.05, 0) is 5.16 Å². The molecule has 1 heterocycles. The van der Waals surface area contributed by atoms with Crippen LogP contribution in [-0.4, -0.2) is 24.8 Å². The summed E-state index contributed by atoms with van der Waals surface area (Å²) in [6, 6.07) is 0. The number of hydrogen-bond acceptors (Lipinski definition) is 5. The van der Waals surface area contributed by atoms with Crippen LogP contribution in [0.1, 0.15) is 0 Å². The van der Waals surface area contributed by atoms with Crippen molar-refractivity contribution in [2.24, 2.45) is 0 Å². The number of nitrogens with one attached hydrogen (secondary N) is 1. The summed E-state index contributed by atoms with van der Waals surface area (Å²) >= 11 is 0. The van der Waals surface area contributed by atoms with Crippen LogP contribution in [0.25, 0.3) is 0 Å². The largest absolute Gasteiger partial charge is 0.327 e. The van der Waals surface area contributed by atoms with Gasteiger partial charge >= 0.3 is 6.39 Å². The third kappa shape index (κ3) is 2.02. The van der Waals surface area contributed by atoms with Gasteiger partial charge in [0.05, 0.1) is 6.26 Å². The zero-order chi connectivity index (χ0) is 7.61. The Bertz CT molecular complexity index is 289. The van der Waals surface area contributed by atoms with Gasteiger partial charge in [-0.2, -0.15) is 4.98 Å². The molecule has 0 spiro atoms. The van der Waals surface area contributed by atoms with Crippen LogP contribution in [0, 0.1) is 6.39 Å². The lowest BCUT2D eigenvalue weighted by atomic mass is 11.1. The van der Waals surface area contributed by atoms with Crippen molar-refractivity contribution in [3.63, 3.8) is 0 Å². The quantitative estimate of drug-likeness (QED) is 0.617. The van der Waals surface area contributed by atoms with Crippen LogP contribution in [0.3, 0.4) is 0 Å². The van der Waals surface area contributed by atoms with Crippen molar-refractivity contribution >= 4 is 16.0 Å². The summed E-state index contributed by atoms with van der Waals surface area (Å²) in [6.07, 6.45) is 2.98. The molecule has 0 aliphatic rings. The predicted octanol–water partition coefficient (Wildman–Crippen LogP) is -0.759. The average Bonchev–Trinajstić information content (AvgIpc) is 2.12. The second-order valence-corrected chi connectivity index (χ2v) is 3.33. The maximum Gasteiger partial charge on any atom is 0.318 e. The Hall–Kier alpha value is -1.11. The smallest absolute Gasteiger partial charge is 0.318 e. The molecule has 1 aromatic rings. The van der Waals surface area contributed by atoms with Crippen LogP contribution in [0.2, 0.25) is 0 Å². The van der Waals surface area contributed by atoms with E-state index in [4.69, 9.17) is 0 Å². The average molecular weight is 162 g/mol. The highest BCUT2D eigenvalue weighted by atomic mass is 32.2. The third-order valence-corrected chi connectivity index (χ3v) is 1.15. The second-order valence-electron chi connectivity index (χ2n) is 1.58. The van der Waals surface area contributed by atoms with Crippen molar-refractivity contribution < 1.29 is 12.9 Å². The summed E-state index contributed by atoms with van der Waals surface area (Å²) < 4.78 is 27.0. The van der Waals surface area contributed by atoms with E-state index in [1.807, 2.05) is 11.1 Å². The maximum absolute atomic E-state index is 10.5. The minimum atomic E-state index is -3.30. The minimum Gasteiger partial charge on any atom is -0.327 e. The molecule has 0 saturated heterocycles. The van der Waals surface area contributed by atoms with Crippen LogP contribution >= 0.6 is 0 Å². The molecule has 1 rings (SSSR count). The van der Waals surface area contributed by atoms with Gasteiger partial charge in [0.15, 0.2) is 0 Å². The number of sulfonamides is 1. The molecule has 0 unspecified atom stereocenters. The Morgan fingerprint density at radius 3 is 2.80 bits per heavy atom. The monoisotopic (exact) mass is 162 g/mol. The zero-order valence-electron chi connectivity index (χ0n) is 5.03. The van der Waals surface area contributed by atoms with Crippen molar-refractivity contribution in [2.45, 2.75) is 0 Å². The lowest BCUT2D eigenvalue weighted by molar-refractivity contribution is 0.412. The molecule has 7 heteroatoms. The summed E-state index contributed by atoms with van der Waals surface area (Å²) in [5.74, 6) is -0.109. The Kier molecular flexibility index (Phi) is 1.58. The van der Waals surface area contributed by atoms with E-state index in [9.17, 15) is 8.42 Å². The molecular formula is C3H4N3O3S. The third-order valence-electron chi connectivity index (χ3n) is 0.601. The molecular weight excluding hydrogens is 158 g/mol. The van der Waals surface area contributed by atoms with Gasteiger partial charge in [-0.25, -0.2) is 13.1 Å². The Labute approximate surface area is 57.3 Å². The van der Waals surface area contributed by atoms with Crippen molar-refractivity contribution in [2.75, 3.05) is 11.0 Å². The first kappa shape index (κ1) is 7.00. The summed E-state index contributed by atoms with van der Waals surface area (Å²) in [5.41, 5.74) is 0. The lowest BCUT2D eigenvalue weighted by Crippen LogP contribution is -2.10. The molecule has 0 aromatic carbocycles. The van der Waals surface area contributed by atoms with E-state index < -0.39 is 10.0 Å². The number of anilines is 1. The molecule has 0 atom stereocenters. The van der Waals surface area contributed by atoms with Crippen molar-refractivity contribution in [3.05, 3.63) is 6.39 Å². The molecule has 55 valence electrons. The van der Waals surface area contributed by atoms with Crippen molar-refractivity contribution in [1.29, 1.82) is 0 Å². The maximum atomic E-state index is 10.5. The standard InChI is InChI=1S/C3H4N3O3S/c1-10(7,8)6-3-4-2-9-5-3/h1H3,(H,5,6). The first-order chi connectivity index (χ1) is 4.58. The summed E-state index contributed by atoms with van der Waals surface area (Å²) in [6.45, 7) is 0. The van der Waals surface area contributed by atoms with Crippen LogP contribution in [0.15, 0.2) is 4.52 Å². The molecule has 6 nitrogen and oxygen atoms in total. The zero-order valence-corrected chi connectivity index (χ0v) is 5.84. The Balaban J connectivity index is 2.75. The summed E-state index contributed by atoms with van der Waals surface area (Å²) in [7, 11) is -3.30. The fraction of sp³-hybridized carbons (Fsp3) is 0.333. The van der Waals surface area contributed by atoms with E-state index in [1.54, 1.807) is 0 Å². The normalized spacial score (nSPS) is 11.3. The number of aromatic nitrogens is 2. The van der Waals surface area contributed by atoms with Gasteiger partial charge in [0.1, 0.15) is 0 Å². The number of hydrogen-bond donors (Lipinski definition) is 1. The van der Waals surface area contributed by atoms with E-state index >= 15 is 0 Å². The molecule has 0 aliphatic carbocycles. The van der Waals surface area contributed by atoms with E-state index in [0.717, 1.165) is 6.26 Å². The molecule has 0 aliphatic heterocycles. The number of rotatable bonds is 2. The molecule has 0 bridgehead atoms. The predicted molar refractivity (Wildman–Crippen MR) is 31.6 cm³/mol. The minimum absolute atomic E-state index is 0.109. The summed E-state index contributed by atoms with van der Waals surface area (Å²) in [5, 5.41) is 3.17. The van der Waals surface area contributed by atoms with E-state index in [0.29, 0.717) is 0 Å². The van der Waals surface area contributed by atoms with Gasteiger partial charge in [0, 0.05) is 0 Å². The van der Waals surface area contributed by atoms with E-state index in [1.165, 1.54) is 0 Å². The fourth-order valence-electron chi connectivity index (χ4n) is 0.355. The number of nitrogens with zero attached hydrogens (tertiary/aromatic N) is 2. The van der Waals surface area contributed by atoms with Gasteiger partial charge in [-0.15, -0.1) is 0 Å². The molecule has 1 N–H and O–H groups in total. The highest BCUT2D eigenvalue weighted by Gasteiger charge is 2.04. The fourth-order valence-corrected chi connectivity index (χ4v) is 0.770. The highest BCUT2D eigenvalue weighted by Crippen LogP contribution is 1.95. The molecule has 0 fully saturated rings. The highest BCUT2D eigenvalue weighted by molar-refractivity contribution is 7.91. The first-order valence-corrected chi connectivity index (χ1v) is 4.14. The van der Waals surface area contributed by atoms with Crippen LogP contribution in [0.4, 0.5) is 5.95 Å². The molecule has 10 heavy (non-hydrogen) atoms. The first-order valence-electron chi connectivity index (χ1n) is 2.25. The van der Waals surface area contributed by atoms with Gasteiger partial charge < -0.3 is 4.52 Å². The van der Waals surface area contributed by atoms with Crippen molar-refractivity contribution in [1.82, 2.24) is 10.1 Å². The Morgan fingerprint density at radius 2 is 2.40 bits per heavy atom.